The number of hydrogen-bond donors (Lipinski definition) is 0. The molecule has 0 atom stereocenters. The summed E-state index contributed by atoms with van der Waals surface area (Å²) in [6.45, 7) is 2.81. The smallest absolute Gasteiger partial charge is 0 e. The minimum Gasteiger partial charge on any atom is -0.343 e. The molecule has 0 saturated carbocycles. The van der Waals surface area contributed by atoms with Gasteiger partial charge in [0.15, 0.2) is 0 Å². The van der Waals surface area contributed by atoms with Crippen molar-refractivity contribution in [2.75, 3.05) is 0 Å². The molecule has 0 aliphatic rings. The predicted octanol–water partition coefficient (Wildman–Crippen LogP) is 0.0144. The SMILES string of the molecule is [CH2-]C=O.[Y].[Y]. The van der Waals surface area contributed by atoms with Gasteiger partial charge in [-0.15, -0.1) is 0 Å². The van der Waals surface area contributed by atoms with Crippen LogP contribution in [0.1, 0.15) is 0 Å². The molecule has 0 spiro atoms. The van der Waals surface area contributed by atoms with E-state index in [1.165, 1.54) is 0 Å². The molecule has 0 aliphatic heterocycles. The Balaban J connectivity index is -0.0000000200. The second-order valence-electron chi connectivity index (χ2n) is 0.167. The topological polar surface area (TPSA) is 17.1 Å². The molecule has 0 aliphatic carbocycles. The zero-order chi connectivity index (χ0) is 2.71. The molecule has 0 amide bonds. The van der Waals surface area contributed by atoms with Gasteiger partial charge in [0, 0.05) is 65.4 Å². The molecule has 0 aromatic rings. The second-order valence-corrected chi connectivity index (χ2v) is 0.167. The summed E-state index contributed by atoms with van der Waals surface area (Å²) in [4.78, 5) is 8.69. The fourth-order valence-corrected chi connectivity index (χ4v) is 0. The van der Waals surface area contributed by atoms with Crippen molar-refractivity contribution in [3.8, 4) is 0 Å². The molecular formula is C2H3OY2-. The largest absolute Gasteiger partial charge is 0.343 e. The molecule has 0 rings (SSSR count). The first-order valence-electron chi connectivity index (χ1n) is 0.644. The molecule has 0 aromatic carbocycles. The number of carbonyl (C=O) groups is 1. The van der Waals surface area contributed by atoms with Crippen molar-refractivity contribution in [1.29, 1.82) is 0 Å². The van der Waals surface area contributed by atoms with Crippen molar-refractivity contribution in [2.45, 2.75) is 0 Å². The fourth-order valence-electron chi connectivity index (χ4n) is 0. The van der Waals surface area contributed by atoms with E-state index in [9.17, 15) is 0 Å². The molecule has 0 bridgehead atoms. The van der Waals surface area contributed by atoms with E-state index >= 15 is 0 Å². The predicted molar refractivity (Wildman–Crippen MR) is 11.4 cm³/mol. The van der Waals surface area contributed by atoms with Gasteiger partial charge in [0.05, 0.1) is 0 Å². The first kappa shape index (κ1) is 15.9. The number of hydrogen-bond acceptors (Lipinski definition) is 1. The molecule has 0 aromatic heterocycles. The summed E-state index contributed by atoms with van der Waals surface area (Å²) >= 11 is 0. The zero-order valence-corrected chi connectivity index (χ0v) is 8.52. The minimum absolute atomic E-state index is 0. The van der Waals surface area contributed by atoms with Gasteiger partial charge in [-0.2, -0.15) is 0 Å². The van der Waals surface area contributed by atoms with Gasteiger partial charge < -0.3 is 11.7 Å². The molecule has 0 saturated heterocycles. The van der Waals surface area contributed by atoms with E-state index in [-0.39, 0.29) is 65.4 Å². The molecule has 0 fully saturated rings. The van der Waals surface area contributed by atoms with Crippen molar-refractivity contribution >= 4 is 6.29 Å². The third kappa shape index (κ3) is 26.4. The molecule has 24 valence electrons. The molecular weight excluding hydrogens is 218 g/mol. The van der Waals surface area contributed by atoms with Crippen molar-refractivity contribution in [1.82, 2.24) is 0 Å². The van der Waals surface area contributed by atoms with Gasteiger partial charge in [0.1, 0.15) is 0 Å². The van der Waals surface area contributed by atoms with E-state index in [0.717, 1.165) is 0 Å². The summed E-state index contributed by atoms with van der Waals surface area (Å²) in [5, 5.41) is 0. The number of aldehydes is 1. The normalized spacial score (nSPS) is 2.40. The Morgan fingerprint density at radius 1 is 1.40 bits per heavy atom. The third-order valence-electron chi connectivity index (χ3n) is 0. The van der Waals surface area contributed by atoms with Crippen LogP contribution in [0.5, 0.6) is 0 Å². The van der Waals surface area contributed by atoms with Crippen LogP contribution in [0.25, 0.3) is 0 Å². The fraction of sp³-hybridized carbons (Fsp3) is 0. The van der Waals surface area contributed by atoms with Gasteiger partial charge in [-0.25, -0.2) is 0 Å². The van der Waals surface area contributed by atoms with Crippen LogP contribution in [-0.2, 0) is 70.2 Å². The Labute approximate surface area is 82.0 Å². The van der Waals surface area contributed by atoms with Crippen molar-refractivity contribution in [2.24, 2.45) is 0 Å². The van der Waals surface area contributed by atoms with Gasteiger partial charge >= 0.3 is 0 Å². The monoisotopic (exact) mass is 221 g/mol. The zero-order valence-electron chi connectivity index (χ0n) is 2.85. The van der Waals surface area contributed by atoms with Crippen LogP contribution in [-0.4, -0.2) is 6.29 Å². The summed E-state index contributed by atoms with van der Waals surface area (Å²) < 4.78 is 0. The molecule has 5 heavy (non-hydrogen) atoms. The van der Waals surface area contributed by atoms with E-state index in [2.05, 4.69) is 6.92 Å². The van der Waals surface area contributed by atoms with Gasteiger partial charge in [-0.1, -0.05) is 0 Å². The molecule has 1 nitrogen and oxygen atoms in total. The van der Waals surface area contributed by atoms with Gasteiger partial charge in [0.2, 0.25) is 0 Å². The summed E-state index contributed by atoms with van der Waals surface area (Å²) in [5.41, 5.74) is 0. The van der Waals surface area contributed by atoms with Crippen LogP contribution < -0.4 is 0 Å². The van der Waals surface area contributed by atoms with Crippen LogP contribution in [0.2, 0.25) is 0 Å². The first-order valence-corrected chi connectivity index (χ1v) is 0.644. The number of carbonyl (C=O) groups excluding carboxylic acids is 1. The average Bonchev–Trinajstić information content (AvgIpc) is 0.918. The maximum atomic E-state index is 8.69. The summed E-state index contributed by atoms with van der Waals surface area (Å²) in [5.74, 6) is 0. The standard InChI is InChI=1S/C2H3O.2Y/c1-2-3;;/h2H,1H2;;/q-1;;. The maximum Gasteiger partial charge on any atom is 0 e. The Bertz CT molecular complexity index is 15.1. The van der Waals surface area contributed by atoms with Gasteiger partial charge in [0.25, 0.3) is 0 Å². The Hall–Kier alpha value is 1.75. The van der Waals surface area contributed by atoms with Crippen LogP contribution in [0.15, 0.2) is 0 Å². The average molecular weight is 221 g/mol. The van der Waals surface area contributed by atoms with Gasteiger partial charge in [-0.3, -0.25) is 0 Å². The van der Waals surface area contributed by atoms with Crippen LogP contribution in [0, 0.1) is 6.92 Å². The van der Waals surface area contributed by atoms with Crippen LogP contribution in [0.4, 0.5) is 0 Å². The van der Waals surface area contributed by atoms with E-state index in [0.29, 0.717) is 6.29 Å². The van der Waals surface area contributed by atoms with E-state index in [1.54, 1.807) is 0 Å². The van der Waals surface area contributed by atoms with Crippen LogP contribution in [0.3, 0.4) is 0 Å². The third-order valence-corrected chi connectivity index (χ3v) is 0. The molecule has 0 heterocycles. The Morgan fingerprint density at radius 3 is 1.40 bits per heavy atom. The maximum absolute atomic E-state index is 8.69. The van der Waals surface area contributed by atoms with E-state index in [1.807, 2.05) is 0 Å². The minimum atomic E-state index is 0. The van der Waals surface area contributed by atoms with Crippen molar-refractivity contribution in [3.63, 3.8) is 0 Å². The quantitative estimate of drug-likeness (QED) is 0.416. The van der Waals surface area contributed by atoms with Crippen LogP contribution >= 0.6 is 0 Å². The second kappa shape index (κ2) is 17.2. The summed E-state index contributed by atoms with van der Waals surface area (Å²) in [6.07, 6.45) is 0.500. The number of rotatable bonds is 0. The van der Waals surface area contributed by atoms with E-state index < -0.39 is 0 Å². The Morgan fingerprint density at radius 2 is 1.40 bits per heavy atom. The van der Waals surface area contributed by atoms with Crippen molar-refractivity contribution < 1.29 is 70.2 Å². The molecule has 0 unspecified atom stereocenters. The summed E-state index contributed by atoms with van der Waals surface area (Å²) in [7, 11) is 0. The Kier molecular flexibility index (Phi) is 54.5. The van der Waals surface area contributed by atoms with Crippen molar-refractivity contribution in [3.05, 3.63) is 6.92 Å². The molecule has 2 radical (unpaired) electrons. The first-order chi connectivity index (χ1) is 1.41. The molecule has 3 heteroatoms. The van der Waals surface area contributed by atoms with Gasteiger partial charge in [-0.05, 0) is 6.29 Å². The summed E-state index contributed by atoms with van der Waals surface area (Å²) in [6, 6.07) is 0. The molecule has 0 N–H and O–H groups in total. The van der Waals surface area contributed by atoms with E-state index in [4.69, 9.17) is 4.79 Å².